The molecule has 0 aliphatic carbocycles. The van der Waals surface area contributed by atoms with Gasteiger partial charge in [-0.05, 0) is 6.42 Å². The molecular weight excluding hydrogens is 244 g/mol. The fourth-order valence-electron chi connectivity index (χ4n) is 1.29. The van der Waals surface area contributed by atoms with Crippen LogP contribution in [0.15, 0.2) is 0 Å². The van der Waals surface area contributed by atoms with E-state index in [0.29, 0.717) is 6.42 Å². The van der Waals surface area contributed by atoms with Crippen molar-refractivity contribution in [1.29, 1.82) is 0 Å². The van der Waals surface area contributed by atoms with E-state index in [0.717, 1.165) is 0 Å². The Morgan fingerprint density at radius 1 is 1.40 bits per heavy atom. The number of sulfone groups is 1. The number of halogens is 1. The van der Waals surface area contributed by atoms with Gasteiger partial charge in [0.1, 0.15) is 5.88 Å². The van der Waals surface area contributed by atoms with Gasteiger partial charge in [-0.3, -0.25) is 10.1 Å². The van der Waals surface area contributed by atoms with E-state index in [4.69, 9.17) is 11.6 Å². The van der Waals surface area contributed by atoms with Gasteiger partial charge >= 0.3 is 6.03 Å². The second kappa shape index (κ2) is 4.80. The molecule has 1 rings (SSSR count). The first-order chi connectivity index (χ1) is 6.93. The van der Waals surface area contributed by atoms with Gasteiger partial charge in [-0.1, -0.05) is 0 Å². The minimum atomic E-state index is -3.03. The van der Waals surface area contributed by atoms with Gasteiger partial charge in [0.2, 0.25) is 5.91 Å². The van der Waals surface area contributed by atoms with E-state index in [9.17, 15) is 18.0 Å². The van der Waals surface area contributed by atoms with E-state index < -0.39 is 27.8 Å². The quantitative estimate of drug-likeness (QED) is 0.634. The normalized spacial score (nSPS) is 23.4. The molecule has 15 heavy (non-hydrogen) atoms. The molecule has 6 nitrogen and oxygen atoms in total. The molecule has 0 saturated carbocycles. The predicted octanol–water partition coefficient (Wildman–Crippen LogP) is -0.762. The number of carbonyl (C=O) groups excluding carboxylic acids is 2. The summed E-state index contributed by atoms with van der Waals surface area (Å²) in [7, 11) is -3.03. The number of amides is 3. The highest BCUT2D eigenvalue weighted by Crippen LogP contribution is 2.10. The average molecular weight is 255 g/mol. The highest BCUT2D eigenvalue weighted by atomic mass is 35.5. The van der Waals surface area contributed by atoms with E-state index in [1.54, 1.807) is 0 Å². The van der Waals surface area contributed by atoms with Crippen LogP contribution in [-0.4, -0.2) is 43.8 Å². The summed E-state index contributed by atoms with van der Waals surface area (Å²) in [5, 5.41) is 4.36. The molecule has 0 unspecified atom stereocenters. The Balaban J connectivity index is 2.37. The van der Waals surface area contributed by atoms with Crippen molar-refractivity contribution in [3.05, 3.63) is 0 Å². The van der Waals surface area contributed by atoms with Crippen LogP contribution in [0.1, 0.15) is 6.42 Å². The van der Waals surface area contributed by atoms with E-state index in [-0.39, 0.29) is 17.4 Å². The molecule has 86 valence electrons. The Kier molecular flexibility index (Phi) is 3.92. The van der Waals surface area contributed by atoms with Gasteiger partial charge in [-0.25, -0.2) is 13.2 Å². The van der Waals surface area contributed by atoms with Crippen molar-refractivity contribution >= 4 is 33.4 Å². The van der Waals surface area contributed by atoms with Crippen LogP contribution < -0.4 is 10.6 Å². The number of hydrogen-bond donors (Lipinski definition) is 2. The van der Waals surface area contributed by atoms with E-state index in [1.165, 1.54) is 0 Å². The first-order valence-electron chi connectivity index (χ1n) is 4.29. The van der Waals surface area contributed by atoms with Crippen molar-refractivity contribution in [1.82, 2.24) is 10.6 Å². The van der Waals surface area contributed by atoms with Crippen molar-refractivity contribution in [2.75, 3.05) is 17.4 Å². The third-order valence-electron chi connectivity index (χ3n) is 1.94. The Morgan fingerprint density at radius 3 is 2.53 bits per heavy atom. The fourth-order valence-corrected chi connectivity index (χ4v) is 3.03. The highest BCUT2D eigenvalue weighted by Gasteiger charge is 2.29. The monoisotopic (exact) mass is 254 g/mol. The van der Waals surface area contributed by atoms with Crippen molar-refractivity contribution < 1.29 is 18.0 Å². The molecule has 0 aromatic carbocycles. The van der Waals surface area contributed by atoms with Crippen LogP contribution in [-0.2, 0) is 14.6 Å². The lowest BCUT2D eigenvalue weighted by Crippen LogP contribution is -2.45. The number of nitrogens with one attached hydrogen (secondary N) is 2. The maximum absolute atomic E-state index is 11.1. The fraction of sp³-hybridized carbons (Fsp3) is 0.714. The van der Waals surface area contributed by atoms with E-state index in [1.807, 2.05) is 5.32 Å². The Morgan fingerprint density at radius 2 is 2.07 bits per heavy atom. The number of imide groups is 1. The molecule has 1 atom stereocenters. The third kappa shape index (κ3) is 4.05. The number of urea groups is 1. The van der Waals surface area contributed by atoms with Crippen molar-refractivity contribution in [3.63, 3.8) is 0 Å². The van der Waals surface area contributed by atoms with Crippen molar-refractivity contribution in [3.8, 4) is 0 Å². The maximum Gasteiger partial charge on any atom is 0.321 e. The van der Waals surface area contributed by atoms with Crippen molar-refractivity contribution in [2.24, 2.45) is 0 Å². The van der Waals surface area contributed by atoms with Gasteiger partial charge in [-0.15, -0.1) is 11.6 Å². The summed E-state index contributed by atoms with van der Waals surface area (Å²) in [5.41, 5.74) is 0. The molecule has 1 aliphatic heterocycles. The highest BCUT2D eigenvalue weighted by molar-refractivity contribution is 7.91. The van der Waals surface area contributed by atoms with Crippen LogP contribution in [0, 0.1) is 0 Å². The standard InChI is InChI=1S/C7H11ClN2O4S/c8-3-6(11)10-7(12)9-5-1-2-15(13,14)4-5/h5H,1-4H2,(H2,9,10,11,12)/t5-/m0/s1. The van der Waals surface area contributed by atoms with Gasteiger partial charge in [-0.2, -0.15) is 0 Å². The van der Waals surface area contributed by atoms with Crippen molar-refractivity contribution in [2.45, 2.75) is 12.5 Å². The molecule has 8 heteroatoms. The SMILES string of the molecule is O=C(CCl)NC(=O)N[C@H]1CCS(=O)(=O)C1. The topological polar surface area (TPSA) is 92.3 Å². The van der Waals surface area contributed by atoms with E-state index in [2.05, 4.69) is 5.32 Å². The molecule has 0 radical (unpaired) electrons. The Labute approximate surface area is 92.3 Å². The molecule has 0 aromatic rings. The largest absolute Gasteiger partial charge is 0.334 e. The van der Waals surface area contributed by atoms with Crippen LogP contribution in [0.3, 0.4) is 0 Å². The lowest BCUT2D eigenvalue weighted by atomic mass is 10.3. The molecule has 0 aromatic heterocycles. The first kappa shape index (κ1) is 12.3. The summed E-state index contributed by atoms with van der Waals surface area (Å²) in [4.78, 5) is 21.8. The molecule has 1 aliphatic rings. The molecule has 0 bridgehead atoms. The summed E-state index contributed by atoms with van der Waals surface area (Å²) < 4.78 is 22.1. The zero-order valence-electron chi connectivity index (χ0n) is 7.82. The number of rotatable bonds is 2. The number of carbonyl (C=O) groups is 2. The van der Waals surface area contributed by atoms with Crippen LogP contribution in [0.25, 0.3) is 0 Å². The maximum atomic E-state index is 11.1. The van der Waals surface area contributed by atoms with Crippen LogP contribution >= 0.6 is 11.6 Å². The number of hydrogen-bond acceptors (Lipinski definition) is 4. The van der Waals surface area contributed by atoms with Gasteiger partial charge in [0.05, 0.1) is 11.5 Å². The summed E-state index contributed by atoms with van der Waals surface area (Å²) in [5.74, 6) is -0.928. The second-order valence-electron chi connectivity index (χ2n) is 3.26. The third-order valence-corrected chi connectivity index (χ3v) is 3.95. The lowest BCUT2D eigenvalue weighted by Gasteiger charge is -2.10. The summed E-state index contributed by atoms with van der Waals surface area (Å²) in [6.45, 7) is 0. The molecular formula is C7H11ClN2O4S. The average Bonchev–Trinajstić information content (AvgIpc) is 2.44. The van der Waals surface area contributed by atoms with Crippen LogP contribution in [0.4, 0.5) is 4.79 Å². The second-order valence-corrected chi connectivity index (χ2v) is 5.75. The molecule has 1 fully saturated rings. The van der Waals surface area contributed by atoms with Gasteiger partial charge < -0.3 is 5.32 Å². The predicted molar refractivity (Wildman–Crippen MR) is 54.5 cm³/mol. The Hall–Kier alpha value is -0.820. The van der Waals surface area contributed by atoms with Gasteiger partial charge in [0, 0.05) is 6.04 Å². The Bertz CT molecular complexity index is 367. The van der Waals surface area contributed by atoms with Gasteiger partial charge in [0.25, 0.3) is 0 Å². The summed E-state index contributed by atoms with van der Waals surface area (Å²) >= 11 is 5.17. The molecule has 0 spiro atoms. The smallest absolute Gasteiger partial charge is 0.321 e. The molecule has 1 heterocycles. The first-order valence-corrected chi connectivity index (χ1v) is 6.65. The zero-order valence-corrected chi connectivity index (χ0v) is 9.40. The molecule has 3 amide bonds. The van der Waals surface area contributed by atoms with E-state index >= 15 is 0 Å². The summed E-state index contributed by atoms with van der Waals surface area (Å²) in [6.07, 6.45) is 0.380. The van der Waals surface area contributed by atoms with Crippen LogP contribution in [0.5, 0.6) is 0 Å². The van der Waals surface area contributed by atoms with Crippen LogP contribution in [0.2, 0.25) is 0 Å². The number of alkyl halides is 1. The zero-order chi connectivity index (χ0) is 11.5. The lowest BCUT2D eigenvalue weighted by molar-refractivity contribution is -0.117. The molecule has 2 N–H and O–H groups in total. The minimum Gasteiger partial charge on any atom is -0.334 e. The molecule has 1 saturated heterocycles. The van der Waals surface area contributed by atoms with Gasteiger partial charge in [0.15, 0.2) is 9.84 Å². The summed E-state index contributed by atoms with van der Waals surface area (Å²) in [6, 6.07) is -1.12. The minimum absolute atomic E-state index is 0.0708.